The summed E-state index contributed by atoms with van der Waals surface area (Å²) in [5.74, 6) is -0.110. The Labute approximate surface area is 98.7 Å². The Kier molecular flexibility index (Phi) is 3.86. The summed E-state index contributed by atoms with van der Waals surface area (Å²) in [5, 5.41) is 2.87. The first kappa shape index (κ1) is 12.9. The first-order chi connectivity index (χ1) is 7.29. The van der Waals surface area contributed by atoms with Crippen LogP contribution in [-0.2, 0) is 10.8 Å². The van der Waals surface area contributed by atoms with E-state index in [1.165, 1.54) is 0 Å². The molecule has 0 aliphatic heterocycles. The lowest BCUT2D eigenvalue weighted by Gasteiger charge is -2.20. The number of rotatable bonds is 2. The average molecular weight is 239 g/mol. The monoisotopic (exact) mass is 239 g/mol. The van der Waals surface area contributed by atoms with Crippen LogP contribution in [-0.4, -0.2) is 21.9 Å². The van der Waals surface area contributed by atoms with Crippen LogP contribution in [0.15, 0.2) is 29.2 Å². The molecule has 0 saturated heterocycles. The lowest BCUT2D eigenvalue weighted by Crippen LogP contribution is -2.40. The molecule has 1 rings (SSSR count). The number of hydrogen-bond donors (Lipinski definition) is 1. The molecule has 16 heavy (non-hydrogen) atoms. The Morgan fingerprint density at radius 1 is 1.19 bits per heavy atom. The Balaban J connectivity index is 2.82. The standard InChI is InChI=1S/C12H17NO2S/c1-12(2,3)13-11(14)9-5-7-10(8-6-9)16(4)15/h5-8H,1-4H3,(H,13,14)/t16-/m0/s1. The van der Waals surface area contributed by atoms with Crippen molar-refractivity contribution in [3.8, 4) is 0 Å². The molecule has 0 radical (unpaired) electrons. The number of nitrogens with one attached hydrogen (secondary N) is 1. The largest absolute Gasteiger partial charge is 0.347 e. The summed E-state index contributed by atoms with van der Waals surface area (Å²) in [6.07, 6.45) is 1.62. The fourth-order valence-electron chi connectivity index (χ4n) is 1.21. The van der Waals surface area contributed by atoms with Crippen molar-refractivity contribution in [2.75, 3.05) is 6.26 Å². The Hall–Kier alpha value is -1.16. The molecule has 0 aromatic heterocycles. The van der Waals surface area contributed by atoms with Crippen LogP contribution in [0.1, 0.15) is 31.1 Å². The molecule has 88 valence electrons. The number of benzene rings is 1. The van der Waals surface area contributed by atoms with Crippen LogP contribution < -0.4 is 5.32 Å². The van der Waals surface area contributed by atoms with Gasteiger partial charge in [0.25, 0.3) is 5.91 Å². The first-order valence-electron chi connectivity index (χ1n) is 5.05. The van der Waals surface area contributed by atoms with Gasteiger partial charge >= 0.3 is 0 Å². The molecule has 1 amide bonds. The summed E-state index contributed by atoms with van der Waals surface area (Å²) in [7, 11) is -1.00. The molecule has 0 heterocycles. The predicted octanol–water partition coefficient (Wildman–Crippen LogP) is 1.95. The highest BCUT2D eigenvalue weighted by atomic mass is 32.2. The molecule has 0 aliphatic carbocycles. The van der Waals surface area contributed by atoms with Gasteiger partial charge in [-0.15, -0.1) is 0 Å². The van der Waals surface area contributed by atoms with Crippen LogP contribution in [0.3, 0.4) is 0 Å². The van der Waals surface area contributed by atoms with E-state index in [0.717, 1.165) is 4.90 Å². The van der Waals surface area contributed by atoms with Crippen molar-refractivity contribution < 1.29 is 9.00 Å². The van der Waals surface area contributed by atoms with E-state index < -0.39 is 10.8 Å². The highest BCUT2D eigenvalue weighted by molar-refractivity contribution is 7.84. The van der Waals surface area contributed by atoms with E-state index in [2.05, 4.69) is 5.32 Å². The fourth-order valence-corrected chi connectivity index (χ4v) is 1.73. The van der Waals surface area contributed by atoms with Gasteiger partial charge in [0.2, 0.25) is 0 Å². The summed E-state index contributed by atoms with van der Waals surface area (Å²) in [5.41, 5.74) is 0.340. The normalized spacial score (nSPS) is 13.2. The molecule has 1 aromatic rings. The quantitative estimate of drug-likeness (QED) is 0.857. The van der Waals surface area contributed by atoms with E-state index in [9.17, 15) is 9.00 Å². The van der Waals surface area contributed by atoms with Gasteiger partial charge in [-0.2, -0.15) is 0 Å². The van der Waals surface area contributed by atoms with Gasteiger partial charge in [0.15, 0.2) is 0 Å². The van der Waals surface area contributed by atoms with Crippen LogP contribution in [0.2, 0.25) is 0 Å². The van der Waals surface area contributed by atoms with Crippen LogP contribution in [0.4, 0.5) is 0 Å². The Bertz CT molecular complexity index is 404. The van der Waals surface area contributed by atoms with Crippen molar-refractivity contribution in [2.45, 2.75) is 31.2 Å². The third kappa shape index (κ3) is 3.77. The molecule has 1 aromatic carbocycles. The van der Waals surface area contributed by atoms with Crippen molar-refractivity contribution in [2.24, 2.45) is 0 Å². The summed E-state index contributed by atoms with van der Waals surface area (Å²) in [6, 6.07) is 6.82. The van der Waals surface area contributed by atoms with Crippen molar-refractivity contribution in [1.29, 1.82) is 0 Å². The number of amides is 1. The molecule has 0 fully saturated rings. The molecule has 0 aliphatic rings. The van der Waals surface area contributed by atoms with Gasteiger partial charge in [-0.3, -0.25) is 9.00 Å². The van der Waals surface area contributed by atoms with Gasteiger partial charge in [-0.1, -0.05) is 0 Å². The molecule has 0 saturated carbocycles. The van der Waals surface area contributed by atoms with E-state index in [1.54, 1.807) is 30.5 Å². The molecule has 3 nitrogen and oxygen atoms in total. The molecule has 0 spiro atoms. The minimum atomic E-state index is -1.00. The first-order valence-corrected chi connectivity index (χ1v) is 6.61. The van der Waals surface area contributed by atoms with Crippen molar-refractivity contribution >= 4 is 16.7 Å². The number of hydrogen-bond acceptors (Lipinski definition) is 2. The number of carbonyl (C=O) groups is 1. The SMILES string of the molecule is C[S@](=O)c1ccc(C(=O)NC(C)(C)C)cc1. The second-order valence-electron chi connectivity index (χ2n) is 4.68. The zero-order valence-corrected chi connectivity index (χ0v) is 10.9. The van der Waals surface area contributed by atoms with Gasteiger partial charge in [-0.05, 0) is 45.0 Å². The molecular formula is C12H17NO2S. The zero-order chi connectivity index (χ0) is 12.3. The van der Waals surface area contributed by atoms with E-state index in [1.807, 2.05) is 20.8 Å². The van der Waals surface area contributed by atoms with Gasteiger partial charge in [0.05, 0.1) is 0 Å². The fraction of sp³-hybridized carbons (Fsp3) is 0.417. The van der Waals surface area contributed by atoms with E-state index in [-0.39, 0.29) is 11.4 Å². The second kappa shape index (κ2) is 4.78. The Morgan fingerprint density at radius 2 is 1.69 bits per heavy atom. The third-order valence-electron chi connectivity index (χ3n) is 1.94. The molecule has 1 N–H and O–H groups in total. The van der Waals surface area contributed by atoms with E-state index >= 15 is 0 Å². The lowest BCUT2D eigenvalue weighted by molar-refractivity contribution is 0.0919. The van der Waals surface area contributed by atoms with Crippen LogP contribution in [0.5, 0.6) is 0 Å². The second-order valence-corrected chi connectivity index (χ2v) is 6.06. The minimum absolute atomic E-state index is 0.110. The van der Waals surface area contributed by atoms with Gasteiger partial charge < -0.3 is 5.32 Å². The van der Waals surface area contributed by atoms with Crippen LogP contribution in [0, 0.1) is 0 Å². The van der Waals surface area contributed by atoms with Gasteiger partial charge in [-0.25, -0.2) is 0 Å². The maximum absolute atomic E-state index is 11.8. The van der Waals surface area contributed by atoms with Gasteiger partial charge in [0.1, 0.15) is 0 Å². The van der Waals surface area contributed by atoms with Crippen molar-refractivity contribution in [1.82, 2.24) is 5.32 Å². The van der Waals surface area contributed by atoms with Crippen LogP contribution >= 0.6 is 0 Å². The highest BCUT2D eigenvalue weighted by Crippen LogP contribution is 2.09. The molecule has 0 bridgehead atoms. The predicted molar refractivity (Wildman–Crippen MR) is 66.0 cm³/mol. The lowest BCUT2D eigenvalue weighted by atomic mass is 10.1. The summed E-state index contributed by atoms with van der Waals surface area (Å²) in [6.45, 7) is 5.79. The van der Waals surface area contributed by atoms with E-state index in [0.29, 0.717) is 5.56 Å². The topological polar surface area (TPSA) is 46.2 Å². The molecule has 0 unspecified atom stereocenters. The highest BCUT2D eigenvalue weighted by Gasteiger charge is 2.15. The van der Waals surface area contributed by atoms with E-state index in [4.69, 9.17) is 0 Å². The zero-order valence-electron chi connectivity index (χ0n) is 10.0. The third-order valence-corrected chi connectivity index (χ3v) is 2.87. The summed E-state index contributed by atoms with van der Waals surface area (Å²) in [4.78, 5) is 12.5. The van der Waals surface area contributed by atoms with Crippen molar-refractivity contribution in [3.63, 3.8) is 0 Å². The molecule has 1 atom stereocenters. The number of carbonyl (C=O) groups excluding carboxylic acids is 1. The summed E-state index contributed by atoms with van der Waals surface area (Å²) >= 11 is 0. The molecular weight excluding hydrogens is 222 g/mol. The van der Waals surface area contributed by atoms with Crippen molar-refractivity contribution in [3.05, 3.63) is 29.8 Å². The Morgan fingerprint density at radius 3 is 2.06 bits per heavy atom. The van der Waals surface area contributed by atoms with Gasteiger partial charge in [0, 0.05) is 33.1 Å². The van der Waals surface area contributed by atoms with Crippen LogP contribution in [0.25, 0.3) is 0 Å². The maximum atomic E-state index is 11.8. The molecule has 4 heteroatoms. The average Bonchev–Trinajstić information content (AvgIpc) is 2.15. The smallest absolute Gasteiger partial charge is 0.251 e. The summed E-state index contributed by atoms with van der Waals surface area (Å²) < 4.78 is 11.2. The minimum Gasteiger partial charge on any atom is -0.347 e. The maximum Gasteiger partial charge on any atom is 0.251 e.